The number of hydrogen-bond donors (Lipinski definition) is 3. The van der Waals surface area contributed by atoms with Crippen LogP contribution >= 0.6 is 0 Å². The normalized spacial score (nSPS) is 25.9. The molecule has 0 bridgehead atoms. The molecule has 0 saturated heterocycles. The van der Waals surface area contributed by atoms with Crippen molar-refractivity contribution in [3.8, 4) is 0 Å². The molecule has 1 aliphatic carbocycles. The van der Waals surface area contributed by atoms with Crippen molar-refractivity contribution in [2.24, 2.45) is 17.6 Å². The van der Waals surface area contributed by atoms with Crippen LogP contribution in [0.1, 0.15) is 32.6 Å². The van der Waals surface area contributed by atoms with Crippen LogP contribution in [0.25, 0.3) is 0 Å². The standard InChI is InChI=1S/C11H18N2O4/c1-6(9(12)14)13-10(15)7-3-2-4-8(5-7)11(16)17/h6-8H,2-5H2,1H3,(H2,12,14)(H,13,15)(H,16,17). The smallest absolute Gasteiger partial charge is 0.306 e. The highest BCUT2D eigenvalue weighted by Gasteiger charge is 2.31. The predicted octanol–water partition coefficient (Wildman–Crippen LogP) is -0.133. The van der Waals surface area contributed by atoms with Gasteiger partial charge in [0.2, 0.25) is 11.8 Å². The van der Waals surface area contributed by atoms with Crippen molar-refractivity contribution in [2.45, 2.75) is 38.6 Å². The highest BCUT2D eigenvalue weighted by atomic mass is 16.4. The Labute approximate surface area is 99.6 Å². The summed E-state index contributed by atoms with van der Waals surface area (Å²) >= 11 is 0. The number of rotatable bonds is 4. The molecule has 3 atom stereocenters. The summed E-state index contributed by atoms with van der Waals surface area (Å²) in [6.07, 6.45) is 2.35. The lowest BCUT2D eigenvalue weighted by atomic mass is 9.81. The molecule has 1 fully saturated rings. The molecule has 0 heterocycles. The molecule has 1 saturated carbocycles. The number of amides is 2. The number of primary amides is 1. The summed E-state index contributed by atoms with van der Waals surface area (Å²) in [6, 6.07) is -0.715. The van der Waals surface area contributed by atoms with E-state index in [1.807, 2.05) is 0 Å². The Morgan fingerprint density at radius 2 is 1.88 bits per heavy atom. The molecule has 3 unspecified atom stereocenters. The van der Waals surface area contributed by atoms with Gasteiger partial charge in [-0.3, -0.25) is 14.4 Å². The van der Waals surface area contributed by atoms with E-state index in [0.29, 0.717) is 19.3 Å². The Morgan fingerprint density at radius 3 is 2.41 bits per heavy atom. The first-order valence-corrected chi connectivity index (χ1v) is 5.74. The van der Waals surface area contributed by atoms with Crippen LogP contribution in [-0.4, -0.2) is 28.9 Å². The molecule has 2 amide bonds. The maximum Gasteiger partial charge on any atom is 0.306 e. The first-order chi connectivity index (χ1) is 7.91. The monoisotopic (exact) mass is 242 g/mol. The lowest BCUT2D eigenvalue weighted by molar-refractivity contribution is -0.144. The van der Waals surface area contributed by atoms with Crippen LogP contribution in [0.2, 0.25) is 0 Å². The molecule has 6 nitrogen and oxygen atoms in total. The second-order valence-corrected chi connectivity index (χ2v) is 4.53. The van der Waals surface area contributed by atoms with Crippen LogP contribution in [-0.2, 0) is 14.4 Å². The van der Waals surface area contributed by atoms with E-state index in [-0.39, 0.29) is 11.8 Å². The van der Waals surface area contributed by atoms with Gasteiger partial charge in [-0.15, -0.1) is 0 Å². The summed E-state index contributed by atoms with van der Waals surface area (Å²) < 4.78 is 0. The van der Waals surface area contributed by atoms with Gasteiger partial charge in [-0.1, -0.05) is 6.42 Å². The predicted molar refractivity (Wildman–Crippen MR) is 59.9 cm³/mol. The number of carboxylic acids is 1. The first kappa shape index (κ1) is 13.5. The number of aliphatic carboxylic acids is 1. The van der Waals surface area contributed by atoms with Crippen LogP contribution in [0.3, 0.4) is 0 Å². The van der Waals surface area contributed by atoms with Crippen molar-refractivity contribution in [3.63, 3.8) is 0 Å². The van der Waals surface area contributed by atoms with Gasteiger partial charge in [0.05, 0.1) is 5.92 Å². The topological polar surface area (TPSA) is 109 Å². The molecule has 1 rings (SSSR count). The molecule has 0 aliphatic heterocycles. The fourth-order valence-electron chi connectivity index (χ4n) is 2.05. The summed E-state index contributed by atoms with van der Waals surface area (Å²) in [4.78, 5) is 33.4. The second-order valence-electron chi connectivity index (χ2n) is 4.53. The molecule has 0 spiro atoms. The molecule has 96 valence electrons. The number of nitrogens with two attached hydrogens (primary N) is 1. The SMILES string of the molecule is CC(NC(=O)C1CCCC(C(=O)O)C1)C(N)=O. The number of hydrogen-bond acceptors (Lipinski definition) is 3. The third kappa shape index (κ3) is 3.72. The minimum absolute atomic E-state index is 0.276. The molecule has 0 aromatic rings. The van der Waals surface area contributed by atoms with Crippen molar-refractivity contribution in [2.75, 3.05) is 0 Å². The Bertz CT molecular complexity index is 329. The average molecular weight is 242 g/mol. The Kier molecular flexibility index (Phi) is 4.48. The summed E-state index contributed by atoms with van der Waals surface area (Å²) in [5, 5.41) is 11.4. The van der Waals surface area contributed by atoms with Crippen LogP contribution in [0.15, 0.2) is 0 Å². The van der Waals surface area contributed by atoms with Crippen LogP contribution < -0.4 is 11.1 Å². The third-order valence-corrected chi connectivity index (χ3v) is 3.18. The van der Waals surface area contributed by atoms with E-state index in [1.54, 1.807) is 0 Å². The van der Waals surface area contributed by atoms with Gasteiger partial charge in [0.15, 0.2) is 0 Å². The lowest BCUT2D eigenvalue weighted by Crippen LogP contribution is -2.45. The second kappa shape index (κ2) is 5.65. The van der Waals surface area contributed by atoms with E-state index in [0.717, 1.165) is 6.42 Å². The van der Waals surface area contributed by atoms with E-state index in [9.17, 15) is 14.4 Å². The minimum atomic E-state index is -0.856. The summed E-state index contributed by atoms with van der Waals surface area (Å²) in [5.74, 6) is -2.51. The van der Waals surface area contributed by atoms with E-state index in [2.05, 4.69) is 5.32 Å². The highest BCUT2D eigenvalue weighted by Crippen LogP contribution is 2.29. The van der Waals surface area contributed by atoms with Gasteiger partial charge in [0, 0.05) is 5.92 Å². The van der Waals surface area contributed by atoms with Gasteiger partial charge in [-0.25, -0.2) is 0 Å². The number of carbonyl (C=O) groups excluding carboxylic acids is 2. The van der Waals surface area contributed by atoms with Crippen LogP contribution in [0.4, 0.5) is 0 Å². The third-order valence-electron chi connectivity index (χ3n) is 3.18. The number of nitrogens with one attached hydrogen (secondary N) is 1. The summed E-state index contributed by atoms with van der Waals surface area (Å²) in [7, 11) is 0. The Hall–Kier alpha value is -1.59. The van der Waals surface area contributed by atoms with Crippen molar-refractivity contribution >= 4 is 17.8 Å². The van der Waals surface area contributed by atoms with E-state index in [4.69, 9.17) is 10.8 Å². The number of carboxylic acid groups (broad SMARTS) is 1. The maximum absolute atomic E-state index is 11.8. The van der Waals surface area contributed by atoms with E-state index in [1.165, 1.54) is 6.92 Å². The summed E-state index contributed by atoms with van der Waals surface area (Å²) in [5.41, 5.74) is 5.04. The zero-order valence-electron chi connectivity index (χ0n) is 9.81. The zero-order valence-corrected chi connectivity index (χ0v) is 9.81. The molecule has 0 radical (unpaired) electrons. The van der Waals surface area contributed by atoms with Crippen molar-refractivity contribution in [1.82, 2.24) is 5.32 Å². The minimum Gasteiger partial charge on any atom is -0.481 e. The average Bonchev–Trinajstić information content (AvgIpc) is 2.28. The largest absolute Gasteiger partial charge is 0.481 e. The molecule has 6 heteroatoms. The quantitative estimate of drug-likeness (QED) is 0.637. The molecule has 1 aliphatic rings. The molecule has 4 N–H and O–H groups in total. The van der Waals surface area contributed by atoms with Gasteiger partial charge in [-0.2, -0.15) is 0 Å². The number of carbonyl (C=O) groups is 3. The van der Waals surface area contributed by atoms with Crippen LogP contribution in [0, 0.1) is 11.8 Å². The van der Waals surface area contributed by atoms with Gasteiger partial charge in [-0.05, 0) is 26.2 Å². The Balaban J connectivity index is 2.52. The Morgan fingerprint density at radius 1 is 1.29 bits per heavy atom. The molecular formula is C11H18N2O4. The summed E-state index contributed by atoms with van der Waals surface area (Å²) in [6.45, 7) is 1.51. The van der Waals surface area contributed by atoms with Gasteiger partial charge >= 0.3 is 5.97 Å². The van der Waals surface area contributed by atoms with E-state index >= 15 is 0 Å². The van der Waals surface area contributed by atoms with E-state index < -0.39 is 23.8 Å². The fourth-order valence-corrected chi connectivity index (χ4v) is 2.05. The van der Waals surface area contributed by atoms with Crippen molar-refractivity contribution < 1.29 is 19.5 Å². The maximum atomic E-state index is 11.8. The molecular weight excluding hydrogens is 224 g/mol. The molecule has 0 aromatic heterocycles. The van der Waals surface area contributed by atoms with Crippen molar-refractivity contribution in [1.29, 1.82) is 0 Å². The highest BCUT2D eigenvalue weighted by molar-refractivity contribution is 5.87. The van der Waals surface area contributed by atoms with Gasteiger partial charge in [0.25, 0.3) is 0 Å². The van der Waals surface area contributed by atoms with Crippen molar-refractivity contribution in [3.05, 3.63) is 0 Å². The molecule has 17 heavy (non-hydrogen) atoms. The lowest BCUT2D eigenvalue weighted by Gasteiger charge is -2.26. The fraction of sp³-hybridized carbons (Fsp3) is 0.727. The zero-order chi connectivity index (χ0) is 13.0. The molecule has 0 aromatic carbocycles. The first-order valence-electron chi connectivity index (χ1n) is 5.74. The van der Waals surface area contributed by atoms with Gasteiger partial charge < -0.3 is 16.2 Å². The van der Waals surface area contributed by atoms with Crippen LogP contribution in [0.5, 0.6) is 0 Å². The van der Waals surface area contributed by atoms with Gasteiger partial charge in [0.1, 0.15) is 6.04 Å².